The Morgan fingerprint density at radius 3 is 2.90 bits per heavy atom. The summed E-state index contributed by atoms with van der Waals surface area (Å²) in [5.41, 5.74) is 6.96. The number of aliphatic hydroxyl groups is 1. The van der Waals surface area contributed by atoms with Gasteiger partial charge < -0.3 is 15.8 Å². The van der Waals surface area contributed by atoms with Crippen molar-refractivity contribution in [2.45, 2.75) is 11.3 Å². The van der Waals surface area contributed by atoms with Crippen molar-refractivity contribution in [1.29, 1.82) is 0 Å². The second-order valence-electron chi connectivity index (χ2n) is 4.55. The number of anilines is 1. The van der Waals surface area contributed by atoms with E-state index < -0.39 is 10.0 Å². The van der Waals surface area contributed by atoms with Gasteiger partial charge in [0.2, 0.25) is 10.0 Å². The normalized spacial score (nSPS) is 12.0. The first-order valence-corrected chi connectivity index (χ1v) is 9.23. The maximum atomic E-state index is 12.3. The van der Waals surface area contributed by atoms with Crippen LogP contribution in [-0.4, -0.2) is 43.2 Å². The quantitative estimate of drug-likeness (QED) is 0.429. The minimum Gasteiger partial charge on any atom is -0.399 e. The second kappa shape index (κ2) is 7.17. The van der Waals surface area contributed by atoms with Crippen molar-refractivity contribution in [2.24, 2.45) is 0 Å². The number of sulfonamides is 1. The zero-order valence-corrected chi connectivity index (χ0v) is 13.1. The number of nitrogens with one attached hydrogen (secondary N) is 2. The minimum atomic E-state index is -3.53. The summed E-state index contributed by atoms with van der Waals surface area (Å²) in [6, 6.07) is 5.09. The largest absolute Gasteiger partial charge is 0.399 e. The SMILES string of the molecule is Nc1ccc2c(S(=O)(=O)NCCSCCCO)c[nH]c2c1. The molecule has 2 rings (SSSR count). The molecule has 8 heteroatoms. The maximum absolute atomic E-state index is 12.3. The lowest BCUT2D eigenvalue weighted by Gasteiger charge is -2.05. The van der Waals surface area contributed by atoms with Gasteiger partial charge in [-0.2, -0.15) is 11.8 Å². The number of H-pyrrole nitrogens is 1. The fraction of sp³-hybridized carbons (Fsp3) is 0.385. The van der Waals surface area contributed by atoms with Crippen LogP contribution < -0.4 is 10.5 Å². The molecule has 0 atom stereocenters. The van der Waals surface area contributed by atoms with Crippen molar-refractivity contribution in [3.05, 3.63) is 24.4 Å². The molecule has 1 heterocycles. The van der Waals surface area contributed by atoms with Crippen LogP contribution in [0.4, 0.5) is 5.69 Å². The van der Waals surface area contributed by atoms with Crippen LogP contribution in [0.1, 0.15) is 6.42 Å². The molecule has 0 spiro atoms. The first-order valence-electron chi connectivity index (χ1n) is 6.59. The summed E-state index contributed by atoms with van der Waals surface area (Å²) < 4.78 is 27.1. The number of hydrogen-bond donors (Lipinski definition) is 4. The predicted octanol–water partition coefficient (Wildman–Crippen LogP) is 1.14. The average Bonchev–Trinajstić information content (AvgIpc) is 2.86. The van der Waals surface area contributed by atoms with Crippen molar-refractivity contribution in [2.75, 3.05) is 30.4 Å². The Morgan fingerprint density at radius 2 is 2.14 bits per heavy atom. The molecule has 5 N–H and O–H groups in total. The number of hydrogen-bond acceptors (Lipinski definition) is 5. The fourth-order valence-electron chi connectivity index (χ4n) is 1.93. The third kappa shape index (κ3) is 4.13. The Balaban J connectivity index is 2.01. The van der Waals surface area contributed by atoms with Gasteiger partial charge in [-0.15, -0.1) is 0 Å². The molecule has 0 aliphatic heterocycles. The zero-order chi connectivity index (χ0) is 15.3. The van der Waals surface area contributed by atoms with Crippen LogP contribution in [0, 0.1) is 0 Å². The van der Waals surface area contributed by atoms with Gasteiger partial charge in [-0.1, -0.05) is 0 Å². The third-order valence-corrected chi connectivity index (χ3v) is 5.51. The van der Waals surface area contributed by atoms with Gasteiger partial charge >= 0.3 is 0 Å². The molecular weight excluding hydrogens is 310 g/mol. The van der Waals surface area contributed by atoms with E-state index >= 15 is 0 Å². The van der Waals surface area contributed by atoms with Gasteiger partial charge in [0.25, 0.3) is 0 Å². The molecule has 2 aromatic rings. The molecule has 0 saturated carbocycles. The summed E-state index contributed by atoms with van der Waals surface area (Å²) in [6.45, 7) is 0.525. The summed E-state index contributed by atoms with van der Waals surface area (Å²) >= 11 is 1.61. The molecule has 1 aromatic carbocycles. The number of benzene rings is 1. The molecule has 0 unspecified atom stereocenters. The van der Waals surface area contributed by atoms with Crippen molar-refractivity contribution in [1.82, 2.24) is 9.71 Å². The Hall–Kier alpha value is -1.22. The van der Waals surface area contributed by atoms with Gasteiger partial charge in [-0.3, -0.25) is 0 Å². The van der Waals surface area contributed by atoms with Crippen molar-refractivity contribution in [3.8, 4) is 0 Å². The molecule has 0 fully saturated rings. The number of fused-ring (bicyclic) bond motifs is 1. The zero-order valence-electron chi connectivity index (χ0n) is 11.5. The molecule has 116 valence electrons. The average molecular weight is 329 g/mol. The van der Waals surface area contributed by atoms with Crippen LogP contribution in [0.15, 0.2) is 29.3 Å². The summed E-state index contributed by atoms with van der Waals surface area (Å²) in [5.74, 6) is 1.50. The van der Waals surface area contributed by atoms with Crippen LogP contribution in [0.3, 0.4) is 0 Å². The number of nitrogens with two attached hydrogens (primary N) is 1. The van der Waals surface area contributed by atoms with Gasteiger partial charge in [0, 0.05) is 41.7 Å². The van der Waals surface area contributed by atoms with Crippen molar-refractivity contribution < 1.29 is 13.5 Å². The van der Waals surface area contributed by atoms with E-state index in [4.69, 9.17) is 10.8 Å². The summed E-state index contributed by atoms with van der Waals surface area (Å²) in [4.78, 5) is 3.16. The molecule has 1 aromatic heterocycles. The highest BCUT2D eigenvalue weighted by Crippen LogP contribution is 2.24. The molecule has 6 nitrogen and oxygen atoms in total. The first-order chi connectivity index (χ1) is 10.0. The molecule has 0 radical (unpaired) electrons. The minimum absolute atomic E-state index is 0.164. The number of aromatic nitrogens is 1. The van der Waals surface area contributed by atoms with E-state index in [1.165, 1.54) is 6.20 Å². The van der Waals surface area contributed by atoms with Gasteiger partial charge in [0.15, 0.2) is 0 Å². The highest BCUT2D eigenvalue weighted by atomic mass is 32.2. The number of aliphatic hydroxyl groups excluding tert-OH is 1. The van der Waals surface area contributed by atoms with E-state index in [1.54, 1.807) is 30.0 Å². The molecule has 0 saturated heterocycles. The van der Waals surface area contributed by atoms with E-state index in [2.05, 4.69) is 9.71 Å². The van der Waals surface area contributed by atoms with Crippen LogP contribution in [0.25, 0.3) is 10.9 Å². The van der Waals surface area contributed by atoms with Crippen molar-refractivity contribution in [3.63, 3.8) is 0 Å². The monoisotopic (exact) mass is 329 g/mol. The highest BCUT2D eigenvalue weighted by molar-refractivity contribution is 7.99. The fourth-order valence-corrected chi connectivity index (χ4v) is 4.05. The van der Waals surface area contributed by atoms with Crippen LogP contribution in [0.2, 0.25) is 0 Å². The first kappa shape index (κ1) is 16.2. The number of rotatable bonds is 8. The molecule has 0 bridgehead atoms. The highest BCUT2D eigenvalue weighted by Gasteiger charge is 2.18. The summed E-state index contributed by atoms with van der Waals surface area (Å²) in [7, 11) is -3.53. The number of aromatic amines is 1. The lowest BCUT2D eigenvalue weighted by molar-refractivity contribution is 0.296. The molecule has 0 amide bonds. The summed E-state index contributed by atoms with van der Waals surface area (Å²) in [6.07, 6.45) is 2.20. The van der Waals surface area contributed by atoms with E-state index in [-0.39, 0.29) is 11.5 Å². The Labute approximate surface area is 128 Å². The van der Waals surface area contributed by atoms with Crippen molar-refractivity contribution >= 4 is 38.4 Å². The van der Waals surface area contributed by atoms with Crippen LogP contribution in [0.5, 0.6) is 0 Å². The smallest absolute Gasteiger partial charge is 0.242 e. The Morgan fingerprint density at radius 1 is 1.33 bits per heavy atom. The van der Waals surface area contributed by atoms with E-state index in [1.807, 2.05) is 0 Å². The summed E-state index contributed by atoms with van der Waals surface area (Å²) in [5, 5.41) is 9.29. The Kier molecular flexibility index (Phi) is 5.51. The standard InChI is InChI=1S/C13H19N3O3S2/c14-10-2-3-11-12(8-10)15-9-13(11)21(18,19)16-4-7-20-6-1-5-17/h2-3,8-9,15-17H,1,4-7,14H2. The van der Waals surface area contributed by atoms with Gasteiger partial charge in [-0.05, 0) is 30.4 Å². The van der Waals surface area contributed by atoms with E-state index in [0.717, 1.165) is 12.2 Å². The molecule has 21 heavy (non-hydrogen) atoms. The molecular formula is C13H19N3O3S2. The van der Waals surface area contributed by atoms with Gasteiger partial charge in [-0.25, -0.2) is 13.1 Å². The van der Waals surface area contributed by atoms with Gasteiger partial charge in [0.1, 0.15) is 4.90 Å². The van der Waals surface area contributed by atoms with E-state index in [9.17, 15) is 8.42 Å². The topological polar surface area (TPSA) is 108 Å². The third-order valence-electron chi connectivity index (χ3n) is 2.94. The number of thioether (sulfide) groups is 1. The van der Waals surface area contributed by atoms with Gasteiger partial charge in [0.05, 0.1) is 0 Å². The van der Waals surface area contributed by atoms with Crippen LogP contribution >= 0.6 is 11.8 Å². The molecule has 0 aliphatic rings. The number of nitrogen functional groups attached to an aromatic ring is 1. The van der Waals surface area contributed by atoms with Crippen LogP contribution in [-0.2, 0) is 10.0 Å². The second-order valence-corrected chi connectivity index (χ2v) is 7.51. The predicted molar refractivity (Wildman–Crippen MR) is 86.9 cm³/mol. The lowest BCUT2D eigenvalue weighted by Crippen LogP contribution is -2.26. The Bertz CT molecular complexity index is 698. The van der Waals surface area contributed by atoms with E-state index in [0.29, 0.717) is 28.9 Å². The molecule has 0 aliphatic carbocycles. The maximum Gasteiger partial charge on any atom is 0.242 e. The lowest BCUT2D eigenvalue weighted by atomic mass is 10.2.